The molecule has 0 aromatic heterocycles. The molecule has 1 amide bonds. The molecule has 2 aromatic carbocycles. The van der Waals surface area contributed by atoms with E-state index in [0.29, 0.717) is 31.0 Å². The second-order valence-electron chi connectivity index (χ2n) is 14.5. The van der Waals surface area contributed by atoms with Crippen LogP contribution in [0.2, 0.25) is 0 Å². The molecular formula is C36H52N3O5+. The molecule has 0 aliphatic carbocycles. The van der Waals surface area contributed by atoms with Gasteiger partial charge in [0.25, 0.3) is 0 Å². The molecule has 2 aliphatic rings. The molecule has 0 bridgehead atoms. The lowest BCUT2D eigenvalue weighted by Crippen LogP contribution is -2.45. The van der Waals surface area contributed by atoms with Gasteiger partial charge in [0.05, 0.1) is 33.6 Å². The molecule has 1 saturated heterocycles. The number of benzene rings is 2. The largest absolute Gasteiger partial charge is 0.481 e. The molecule has 2 heterocycles. The monoisotopic (exact) mass is 606 g/mol. The Labute approximate surface area is 263 Å². The van der Waals surface area contributed by atoms with Gasteiger partial charge >= 0.3 is 5.97 Å². The lowest BCUT2D eigenvalue weighted by molar-refractivity contribution is -0.884. The molecule has 3 unspecified atom stereocenters. The molecule has 2 aliphatic heterocycles. The summed E-state index contributed by atoms with van der Waals surface area (Å²) in [6, 6.07) is 13.7. The zero-order valence-corrected chi connectivity index (χ0v) is 27.9. The summed E-state index contributed by atoms with van der Waals surface area (Å²) >= 11 is 0. The van der Waals surface area contributed by atoms with Gasteiger partial charge in [-0.15, -0.1) is 0 Å². The number of carbonyl (C=O) groups excluding carboxylic acids is 1. The third-order valence-corrected chi connectivity index (χ3v) is 8.53. The Bertz CT molecular complexity index is 1360. The Balaban J connectivity index is 1.68. The van der Waals surface area contributed by atoms with Crippen LogP contribution in [0.25, 0.3) is 0 Å². The van der Waals surface area contributed by atoms with Crippen LogP contribution in [-0.4, -0.2) is 80.0 Å². The van der Waals surface area contributed by atoms with Crippen LogP contribution in [0.1, 0.15) is 70.9 Å². The highest BCUT2D eigenvalue weighted by molar-refractivity contribution is 5.95. The molecule has 44 heavy (non-hydrogen) atoms. The number of quaternary nitrogens is 1. The zero-order chi connectivity index (χ0) is 32.2. The number of carbonyl (C=O) groups is 2. The number of hydrogen-bond acceptors (Lipinski definition) is 5. The van der Waals surface area contributed by atoms with Crippen LogP contribution in [0.15, 0.2) is 54.1 Å². The number of rotatable bonds is 13. The Morgan fingerprint density at radius 2 is 1.82 bits per heavy atom. The molecule has 3 atom stereocenters. The molecule has 240 valence electrons. The van der Waals surface area contributed by atoms with E-state index in [1.807, 2.05) is 35.2 Å². The van der Waals surface area contributed by atoms with Crippen molar-refractivity contribution in [2.24, 2.45) is 11.3 Å². The summed E-state index contributed by atoms with van der Waals surface area (Å²) in [6.45, 7) is 12.8. The number of hydrogen-bond donors (Lipinski definition) is 1. The fourth-order valence-electron chi connectivity index (χ4n) is 6.95. The number of carboxylic acids is 1. The van der Waals surface area contributed by atoms with Crippen LogP contribution in [0.5, 0.6) is 11.5 Å². The molecule has 0 radical (unpaired) electrons. The molecule has 8 nitrogen and oxygen atoms in total. The molecule has 8 heteroatoms. The normalized spacial score (nSPS) is 20.0. The van der Waals surface area contributed by atoms with Gasteiger partial charge in [-0.1, -0.05) is 57.0 Å². The first-order valence-electron chi connectivity index (χ1n) is 15.9. The number of likely N-dealkylation sites (tertiary alicyclic amines) is 1. The summed E-state index contributed by atoms with van der Waals surface area (Å²) in [5, 5.41) is 10.7. The number of fused-ring (bicyclic) bond motifs is 1. The van der Waals surface area contributed by atoms with Crippen molar-refractivity contribution >= 4 is 17.6 Å². The highest BCUT2D eigenvalue weighted by Crippen LogP contribution is 2.45. The Morgan fingerprint density at radius 1 is 1.09 bits per heavy atom. The summed E-state index contributed by atoms with van der Waals surface area (Å²) < 4.78 is 12.0. The Hall–Kier alpha value is -3.36. The van der Waals surface area contributed by atoms with Gasteiger partial charge in [-0.2, -0.15) is 0 Å². The van der Waals surface area contributed by atoms with Crippen molar-refractivity contribution in [3.63, 3.8) is 0 Å². The maximum Gasteiger partial charge on any atom is 0.308 e. The van der Waals surface area contributed by atoms with Crippen LogP contribution in [-0.2, 0) is 16.1 Å². The predicted molar refractivity (Wildman–Crippen MR) is 175 cm³/mol. The maximum absolute atomic E-state index is 14.2. The summed E-state index contributed by atoms with van der Waals surface area (Å²) in [5.41, 5.74) is 3.92. The minimum atomic E-state index is -0.837. The van der Waals surface area contributed by atoms with Gasteiger partial charge in [0.2, 0.25) is 12.7 Å². The van der Waals surface area contributed by atoms with Crippen LogP contribution in [0, 0.1) is 11.3 Å². The summed E-state index contributed by atoms with van der Waals surface area (Å²) in [4.78, 5) is 31.3. The van der Waals surface area contributed by atoms with Crippen LogP contribution < -0.4 is 14.4 Å². The number of nitrogens with zero attached hydrogens (tertiary/aromatic N) is 3. The van der Waals surface area contributed by atoms with E-state index < -0.39 is 11.9 Å². The topological polar surface area (TPSA) is 79.3 Å². The van der Waals surface area contributed by atoms with Crippen molar-refractivity contribution in [3.05, 3.63) is 65.2 Å². The first-order valence-corrected chi connectivity index (χ1v) is 15.9. The van der Waals surface area contributed by atoms with E-state index in [2.05, 4.69) is 78.9 Å². The lowest BCUT2D eigenvalue weighted by atomic mass is 9.77. The van der Waals surface area contributed by atoms with Crippen molar-refractivity contribution in [2.45, 2.75) is 72.4 Å². The highest BCUT2D eigenvalue weighted by Gasteiger charge is 2.49. The zero-order valence-electron chi connectivity index (χ0n) is 27.9. The molecular weight excluding hydrogens is 554 g/mol. The second kappa shape index (κ2) is 13.7. The van der Waals surface area contributed by atoms with Crippen molar-refractivity contribution in [2.75, 3.05) is 52.5 Å². The van der Waals surface area contributed by atoms with Crippen LogP contribution >= 0.6 is 0 Å². The highest BCUT2D eigenvalue weighted by atomic mass is 16.7. The van der Waals surface area contributed by atoms with Crippen molar-refractivity contribution < 1.29 is 28.7 Å². The second-order valence-corrected chi connectivity index (χ2v) is 14.5. The van der Waals surface area contributed by atoms with Crippen LogP contribution in [0.3, 0.4) is 0 Å². The Morgan fingerprint density at radius 3 is 2.48 bits per heavy atom. The number of carboxylic acid groups (broad SMARTS) is 1. The van der Waals surface area contributed by atoms with Gasteiger partial charge in [-0.3, -0.25) is 14.5 Å². The van der Waals surface area contributed by atoms with Gasteiger partial charge in [0.1, 0.15) is 6.54 Å². The fraction of sp³-hybridized carbons (Fsp3) is 0.556. The van der Waals surface area contributed by atoms with Crippen molar-refractivity contribution in [1.82, 2.24) is 4.90 Å². The first kappa shape index (κ1) is 33.5. The fourth-order valence-corrected chi connectivity index (χ4v) is 6.95. The summed E-state index contributed by atoms with van der Waals surface area (Å²) in [5.74, 6) is -0.491. The molecule has 2 aromatic rings. The van der Waals surface area contributed by atoms with Gasteiger partial charge in [0, 0.05) is 36.3 Å². The number of anilines is 1. The smallest absolute Gasteiger partial charge is 0.308 e. The lowest BCUT2D eigenvalue weighted by Gasteiger charge is -2.34. The summed E-state index contributed by atoms with van der Waals surface area (Å²) in [7, 11) is 6.48. The number of ether oxygens (including phenoxy) is 2. The van der Waals surface area contributed by atoms with E-state index in [4.69, 9.17) is 9.47 Å². The number of aliphatic carboxylic acids is 1. The van der Waals surface area contributed by atoms with E-state index >= 15 is 0 Å². The van der Waals surface area contributed by atoms with E-state index in [9.17, 15) is 14.7 Å². The van der Waals surface area contributed by atoms with Gasteiger partial charge in [-0.25, -0.2) is 0 Å². The molecule has 1 N–H and O–H groups in total. The van der Waals surface area contributed by atoms with Crippen molar-refractivity contribution in [3.8, 4) is 11.5 Å². The summed E-state index contributed by atoms with van der Waals surface area (Å²) in [6.07, 6.45) is 4.70. The number of allylic oxidation sites excluding steroid dienone is 2. The SMILES string of the molecule is CCCCN(C(=O)CN1CC(c2ccc3c(c2)OCO3)C(C(=O)O)C1CC(C)(C)C=C(C)C)c1cccc(C[N+](C)(C)C)c1. The standard InChI is InChI=1S/C36H51N3O5/c1-9-10-16-38(28-13-11-12-26(17-28)23-39(6,7)8)33(40)22-37-21-29(27-14-15-31-32(18-27)44-24-43-31)34(35(41)42)30(37)20-36(4,5)19-25(2)3/h11-15,17-19,29-30,34H,9-10,16,20-24H2,1-8H3/p+1. The van der Waals surface area contributed by atoms with E-state index in [0.717, 1.165) is 35.1 Å². The molecule has 0 spiro atoms. The third kappa shape index (κ3) is 8.42. The Kier molecular flexibility index (Phi) is 10.5. The molecule has 1 fully saturated rings. The quantitative estimate of drug-likeness (QED) is 0.213. The first-order chi connectivity index (χ1) is 20.7. The third-order valence-electron chi connectivity index (χ3n) is 8.53. The minimum absolute atomic E-state index is 0.00124. The van der Waals surface area contributed by atoms with Gasteiger partial charge in [-0.05, 0) is 61.9 Å². The van der Waals surface area contributed by atoms with Gasteiger partial charge in [0.15, 0.2) is 11.5 Å². The predicted octanol–water partition coefficient (Wildman–Crippen LogP) is 6.31. The van der Waals surface area contributed by atoms with Crippen LogP contribution in [0.4, 0.5) is 5.69 Å². The van der Waals surface area contributed by atoms with Crippen molar-refractivity contribution in [1.29, 1.82) is 0 Å². The van der Waals surface area contributed by atoms with E-state index in [1.54, 1.807) is 0 Å². The average molecular weight is 607 g/mol. The molecule has 0 saturated carbocycles. The van der Waals surface area contributed by atoms with E-state index in [-0.39, 0.29) is 36.6 Å². The number of amides is 1. The average Bonchev–Trinajstić information content (AvgIpc) is 3.51. The maximum atomic E-state index is 14.2. The number of unbranched alkanes of at least 4 members (excludes halogenated alkanes) is 1. The van der Waals surface area contributed by atoms with Gasteiger partial charge < -0.3 is 24.0 Å². The van der Waals surface area contributed by atoms with E-state index in [1.165, 1.54) is 11.1 Å². The molecule has 4 rings (SSSR count). The minimum Gasteiger partial charge on any atom is -0.481 e.